The molecule has 13 heavy (non-hydrogen) atoms. The van der Waals surface area contributed by atoms with Crippen molar-refractivity contribution < 1.29 is 12.8 Å². The minimum Gasteiger partial charge on any atom is -0.464 e. The summed E-state index contributed by atoms with van der Waals surface area (Å²) in [7, 11) is -2.91. The van der Waals surface area contributed by atoms with Gasteiger partial charge in [-0.1, -0.05) is 0 Å². The largest absolute Gasteiger partial charge is 0.464 e. The number of furan rings is 1. The zero-order valence-corrected chi connectivity index (χ0v) is 9.53. The topological polar surface area (TPSA) is 47.3 Å². The predicted octanol–water partition coefficient (Wildman–Crippen LogP) is 1.82. The molecule has 2 rings (SSSR count). The van der Waals surface area contributed by atoms with Crippen molar-refractivity contribution in [3.63, 3.8) is 0 Å². The highest BCUT2D eigenvalue weighted by molar-refractivity contribution is 9.10. The molecule has 1 aromatic rings. The molecule has 0 aromatic carbocycles. The maximum atomic E-state index is 11.3. The summed E-state index contributed by atoms with van der Waals surface area (Å²) < 4.78 is 28.8. The Bertz CT molecular complexity index is 444. The quantitative estimate of drug-likeness (QED) is 0.718. The second kappa shape index (κ2) is 2.85. The molecule has 72 valence electrons. The van der Waals surface area contributed by atoms with Crippen molar-refractivity contribution in [1.29, 1.82) is 0 Å². The highest BCUT2D eigenvalue weighted by Gasteiger charge is 2.27. The van der Waals surface area contributed by atoms with E-state index in [1.54, 1.807) is 0 Å². The molecular weight excluding hydrogens is 256 g/mol. The van der Waals surface area contributed by atoms with Gasteiger partial charge in [-0.15, -0.1) is 0 Å². The average molecular weight is 265 g/mol. The molecule has 1 aliphatic heterocycles. The van der Waals surface area contributed by atoms with Gasteiger partial charge >= 0.3 is 0 Å². The van der Waals surface area contributed by atoms with Gasteiger partial charge in [0.15, 0.2) is 9.84 Å². The van der Waals surface area contributed by atoms with Crippen molar-refractivity contribution in [2.75, 3.05) is 5.75 Å². The van der Waals surface area contributed by atoms with Crippen LogP contribution in [0.5, 0.6) is 0 Å². The molecule has 0 aliphatic carbocycles. The first kappa shape index (κ1) is 9.27. The number of hydrogen-bond acceptors (Lipinski definition) is 3. The Balaban J connectivity index is 2.54. The van der Waals surface area contributed by atoms with E-state index in [1.165, 1.54) is 0 Å². The first-order valence-electron chi connectivity index (χ1n) is 3.97. The lowest BCUT2D eigenvalue weighted by molar-refractivity contribution is 0.487. The van der Waals surface area contributed by atoms with Crippen LogP contribution in [0.25, 0.3) is 0 Å². The van der Waals surface area contributed by atoms with Crippen molar-refractivity contribution in [3.8, 4) is 0 Å². The monoisotopic (exact) mass is 264 g/mol. The van der Waals surface area contributed by atoms with Gasteiger partial charge in [-0.05, 0) is 29.3 Å². The van der Waals surface area contributed by atoms with E-state index < -0.39 is 9.84 Å². The molecule has 0 spiro atoms. The van der Waals surface area contributed by atoms with Gasteiger partial charge in [0.05, 0.1) is 10.2 Å². The van der Waals surface area contributed by atoms with Gasteiger partial charge in [0.25, 0.3) is 0 Å². The number of rotatable bonds is 0. The van der Waals surface area contributed by atoms with Crippen molar-refractivity contribution in [2.24, 2.45) is 0 Å². The second-order valence-corrected chi connectivity index (χ2v) is 6.19. The Morgan fingerprint density at radius 3 is 2.85 bits per heavy atom. The maximum absolute atomic E-state index is 11.3. The third kappa shape index (κ3) is 1.55. The lowest BCUT2D eigenvalue weighted by Gasteiger charge is -2.10. The fraction of sp³-hybridized carbons (Fsp3) is 0.500. The summed E-state index contributed by atoms with van der Waals surface area (Å²) in [5.74, 6) is 1.66. The van der Waals surface area contributed by atoms with E-state index >= 15 is 0 Å². The average Bonchev–Trinajstić information content (AvgIpc) is 2.25. The van der Waals surface area contributed by atoms with Crippen molar-refractivity contribution in [2.45, 2.75) is 19.1 Å². The van der Waals surface area contributed by atoms with Crippen LogP contribution in [-0.2, 0) is 22.0 Å². The van der Waals surface area contributed by atoms with Crippen LogP contribution in [0.1, 0.15) is 17.1 Å². The Labute approximate surface area is 85.2 Å². The third-order valence-electron chi connectivity index (χ3n) is 2.20. The SMILES string of the molecule is Cc1oc2c(c1Br)CCS(=O)(=O)C2. The molecule has 0 unspecified atom stereocenters. The van der Waals surface area contributed by atoms with Crippen LogP contribution in [0.3, 0.4) is 0 Å². The molecule has 0 bridgehead atoms. The van der Waals surface area contributed by atoms with E-state index in [2.05, 4.69) is 15.9 Å². The van der Waals surface area contributed by atoms with E-state index in [-0.39, 0.29) is 11.5 Å². The number of hydrogen-bond donors (Lipinski definition) is 0. The lowest BCUT2D eigenvalue weighted by Crippen LogP contribution is -2.17. The number of halogens is 1. The van der Waals surface area contributed by atoms with Gasteiger partial charge in [-0.25, -0.2) is 8.42 Å². The summed E-state index contributed by atoms with van der Waals surface area (Å²) in [6, 6.07) is 0. The van der Waals surface area contributed by atoms with Crippen LogP contribution in [0.15, 0.2) is 8.89 Å². The lowest BCUT2D eigenvalue weighted by atomic mass is 10.2. The highest BCUT2D eigenvalue weighted by Crippen LogP contribution is 2.32. The van der Waals surface area contributed by atoms with E-state index in [9.17, 15) is 8.42 Å². The van der Waals surface area contributed by atoms with Gasteiger partial charge in [-0.2, -0.15) is 0 Å². The fourth-order valence-electron chi connectivity index (χ4n) is 1.52. The molecule has 0 radical (unpaired) electrons. The fourth-order valence-corrected chi connectivity index (χ4v) is 3.31. The van der Waals surface area contributed by atoms with Crippen molar-refractivity contribution >= 4 is 25.8 Å². The van der Waals surface area contributed by atoms with Crippen LogP contribution in [0, 0.1) is 6.92 Å². The minimum atomic E-state index is -2.91. The van der Waals surface area contributed by atoms with Crippen LogP contribution in [0.4, 0.5) is 0 Å². The summed E-state index contributed by atoms with van der Waals surface area (Å²) in [6.45, 7) is 1.83. The summed E-state index contributed by atoms with van der Waals surface area (Å²) in [6.07, 6.45) is 0.565. The van der Waals surface area contributed by atoms with Crippen LogP contribution in [-0.4, -0.2) is 14.2 Å². The van der Waals surface area contributed by atoms with Gasteiger partial charge in [-0.3, -0.25) is 0 Å². The van der Waals surface area contributed by atoms with E-state index in [0.717, 1.165) is 15.8 Å². The molecule has 0 amide bonds. The highest BCUT2D eigenvalue weighted by atomic mass is 79.9. The van der Waals surface area contributed by atoms with E-state index in [0.29, 0.717) is 12.2 Å². The van der Waals surface area contributed by atoms with Crippen molar-refractivity contribution in [1.82, 2.24) is 0 Å². The number of sulfone groups is 1. The van der Waals surface area contributed by atoms with Crippen molar-refractivity contribution in [3.05, 3.63) is 21.6 Å². The zero-order chi connectivity index (χ0) is 9.64. The Kier molecular flexibility index (Phi) is 2.03. The number of aryl methyl sites for hydroxylation is 1. The van der Waals surface area contributed by atoms with Crippen LogP contribution in [0.2, 0.25) is 0 Å². The summed E-state index contributed by atoms with van der Waals surface area (Å²) in [4.78, 5) is 0. The molecule has 0 saturated heterocycles. The zero-order valence-electron chi connectivity index (χ0n) is 7.13. The molecule has 1 aromatic heterocycles. The number of fused-ring (bicyclic) bond motifs is 1. The van der Waals surface area contributed by atoms with Crippen LogP contribution < -0.4 is 0 Å². The molecule has 1 aliphatic rings. The van der Waals surface area contributed by atoms with Crippen LogP contribution >= 0.6 is 15.9 Å². The van der Waals surface area contributed by atoms with Gasteiger partial charge < -0.3 is 4.42 Å². The summed E-state index contributed by atoms with van der Waals surface area (Å²) >= 11 is 3.38. The van der Waals surface area contributed by atoms with Gasteiger partial charge in [0, 0.05) is 5.56 Å². The predicted molar refractivity (Wildman–Crippen MR) is 52.3 cm³/mol. The molecule has 2 heterocycles. The van der Waals surface area contributed by atoms with Gasteiger partial charge in [0.2, 0.25) is 0 Å². The second-order valence-electron chi connectivity index (χ2n) is 3.22. The molecule has 0 atom stereocenters. The standard InChI is InChI=1S/C8H9BrO3S/c1-5-8(9)6-2-3-13(10,11)4-7(6)12-5/h2-4H2,1H3. The Morgan fingerprint density at radius 2 is 2.15 bits per heavy atom. The molecule has 5 heteroatoms. The van der Waals surface area contributed by atoms with E-state index in [4.69, 9.17) is 4.42 Å². The Morgan fingerprint density at radius 1 is 1.46 bits per heavy atom. The normalized spacial score (nSPS) is 19.8. The van der Waals surface area contributed by atoms with Gasteiger partial charge in [0.1, 0.15) is 17.3 Å². The maximum Gasteiger partial charge on any atom is 0.157 e. The minimum absolute atomic E-state index is 0.0504. The first-order valence-corrected chi connectivity index (χ1v) is 6.58. The molecular formula is C8H9BrO3S. The smallest absolute Gasteiger partial charge is 0.157 e. The summed E-state index contributed by atoms with van der Waals surface area (Å²) in [5, 5.41) is 0. The molecule has 0 fully saturated rings. The van der Waals surface area contributed by atoms with E-state index in [1.807, 2.05) is 6.92 Å². The first-order chi connectivity index (χ1) is 5.99. The molecule has 0 N–H and O–H groups in total. The summed E-state index contributed by atoms with van der Waals surface area (Å²) in [5.41, 5.74) is 1.02. The molecule has 3 nitrogen and oxygen atoms in total. The third-order valence-corrected chi connectivity index (χ3v) is 4.77. The Hall–Kier alpha value is -0.290. The molecule has 0 saturated carbocycles.